The first-order valence-electron chi connectivity index (χ1n) is 7.25. The first kappa shape index (κ1) is 18.2. The molecule has 0 amide bonds. The van der Waals surface area contributed by atoms with Crippen molar-refractivity contribution in [3.63, 3.8) is 0 Å². The van der Waals surface area contributed by atoms with Gasteiger partial charge in [0, 0.05) is 8.86 Å². The molecule has 0 heterocycles. The van der Waals surface area contributed by atoms with E-state index in [1.807, 2.05) is 0 Å². The van der Waals surface area contributed by atoms with Gasteiger partial charge < -0.3 is 9.47 Å². The summed E-state index contributed by atoms with van der Waals surface area (Å²) >= 11 is 4.74. The summed E-state index contributed by atoms with van der Waals surface area (Å²) in [4.78, 5) is 0. The Hall–Kier alpha value is -0.180. The van der Waals surface area contributed by atoms with Crippen LogP contribution in [0.25, 0.3) is 0 Å². The van der Waals surface area contributed by atoms with Crippen LogP contribution in [0.5, 0.6) is 0 Å². The fraction of sp³-hybridized carbons (Fsp3) is 0.333. The minimum atomic E-state index is 0.625. The second kappa shape index (κ2) is 10.6. The van der Waals surface area contributed by atoms with E-state index in [4.69, 9.17) is 9.47 Å². The Kier molecular flexibility index (Phi) is 8.72. The third-order valence-electron chi connectivity index (χ3n) is 3.26. The van der Waals surface area contributed by atoms with Gasteiger partial charge in [0.2, 0.25) is 0 Å². The number of halogens is 2. The normalized spacial score (nSPS) is 10.8. The molecule has 0 N–H and O–H groups in total. The topological polar surface area (TPSA) is 18.5 Å². The molecular weight excluding hydrogens is 502 g/mol. The maximum Gasteiger partial charge on any atom is 0.0718 e. The Morgan fingerprint density at radius 2 is 0.864 bits per heavy atom. The second-order valence-electron chi connectivity index (χ2n) is 5.01. The zero-order valence-corrected chi connectivity index (χ0v) is 16.7. The number of hydrogen-bond donors (Lipinski definition) is 0. The summed E-state index contributed by atoms with van der Waals surface area (Å²) in [5.41, 5.74) is 5.12. The van der Waals surface area contributed by atoms with E-state index in [2.05, 4.69) is 93.7 Å². The fourth-order valence-electron chi connectivity index (χ4n) is 1.95. The lowest BCUT2D eigenvalue weighted by molar-refractivity contribution is 0.0339. The molecule has 2 rings (SSSR count). The maximum absolute atomic E-state index is 5.64. The molecule has 0 saturated carbocycles. The Morgan fingerprint density at radius 1 is 0.545 bits per heavy atom. The van der Waals surface area contributed by atoms with E-state index < -0.39 is 0 Å². The smallest absolute Gasteiger partial charge is 0.0718 e. The van der Waals surface area contributed by atoms with Crippen LogP contribution in [0.1, 0.15) is 22.3 Å². The fourth-order valence-corrected chi connectivity index (χ4v) is 2.96. The van der Waals surface area contributed by atoms with Crippen LogP contribution in [0.15, 0.2) is 48.5 Å². The summed E-state index contributed by atoms with van der Waals surface area (Å²) in [7, 11) is 0. The SMILES string of the molecule is ICc1ccc(COCCOCc2ccc(CI)cc2)cc1. The van der Waals surface area contributed by atoms with Gasteiger partial charge in [-0.25, -0.2) is 0 Å². The maximum atomic E-state index is 5.64. The minimum Gasteiger partial charge on any atom is -0.374 e. The van der Waals surface area contributed by atoms with Crippen molar-refractivity contribution >= 4 is 45.2 Å². The van der Waals surface area contributed by atoms with Gasteiger partial charge in [-0.15, -0.1) is 0 Å². The van der Waals surface area contributed by atoms with E-state index in [-0.39, 0.29) is 0 Å². The molecule has 0 unspecified atom stereocenters. The van der Waals surface area contributed by atoms with Crippen molar-refractivity contribution < 1.29 is 9.47 Å². The van der Waals surface area contributed by atoms with E-state index in [1.165, 1.54) is 22.3 Å². The monoisotopic (exact) mass is 522 g/mol. The van der Waals surface area contributed by atoms with Crippen molar-refractivity contribution in [2.75, 3.05) is 13.2 Å². The molecule has 0 aromatic heterocycles. The van der Waals surface area contributed by atoms with E-state index in [0.29, 0.717) is 26.4 Å². The van der Waals surface area contributed by atoms with Crippen LogP contribution in [0, 0.1) is 0 Å². The van der Waals surface area contributed by atoms with Crippen LogP contribution in [0.3, 0.4) is 0 Å². The van der Waals surface area contributed by atoms with Crippen LogP contribution >= 0.6 is 45.2 Å². The lowest BCUT2D eigenvalue weighted by atomic mass is 10.2. The molecule has 22 heavy (non-hydrogen) atoms. The lowest BCUT2D eigenvalue weighted by Crippen LogP contribution is -2.04. The van der Waals surface area contributed by atoms with E-state index in [9.17, 15) is 0 Å². The quantitative estimate of drug-likeness (QED) is 0.253. The highest BCUT2D eigenvalue weighted by molar-refractivity contribution is 14.1. The number of alkyl halides is 2. The molecule has 0 atom stereocenters. The van der Waals surface area contributed by atoms with Crippen molar-refractivity contribution in [1.82, 2.24) is 0 Å². The Bertz CT molecular complexity index is 487. The summed E-state index contributed by atoms with van der Waals surface area (Å²) in [5, 5.41) is 0. The summed E-state index contributed by atoms with van der Waals surface area (Å²) in [6, 6.07) is 17.1. The summed E-state index contributed by atoms with van der Waals surface area (Å²) < 4.78 is 13.4. The number of hydrogen-bond acceptors (Lipinski definition) is 2. The third-order valence-corrected chi connectivity index (χ3v) is 5.03. The standard InChI is InChI=1S/C18H20I2O2/c19-11-15-1-5-17(6-2-15)13-21-9-10-22-14-18-7-3-16(12-20)4-8-18/h1-8H,9-14H2. The second-order valence-corrected chi connectivity index (χ2v) is 6.53. The minimum absolute atomic E-state index is 0.625. The molecule has 2 aromatic rings. The van der Waals surface area contributed by atoms with Gasteiger partial charge in [0.25, 0.3) is 0 Å². The van der Waals surface area contributed by atoms with Crippen molar-refractivity contribution in [2.24, 2.45) is 0 Å². The van der Waals surface area contributed by atoms with Crippen LogP contribution in [-0.4, -0.2) is 13.2 Å². The molecule has 4 heteroatoms. The molecule has 0 spiro atoms. The predicted molar refractivity (Wildman–Crippen MR) is 108 cm³/mol. The molecule has 2 nitrogen and oxygen atoms in total. The molecule has 0 fully saturated rings. The molecule has 118 valence electrons. The van der Waals surface area contributed by atoms with Crippen molar-refractivity contribution in [3.8, 4) is 0 Å². The molecule has 0 aliphatic heterocycles. The average Bonchev–Trinajstić information content (AvgIpc) is 2.59. The predicted octanol–water partition coefficient (Wildman–Crippen LogP) is 5.29. The molecule has 0 aliphatic rings. The summed E-state index contributed by atoms with van der Waals surface area (Å²) in [6.45, 7) is 2.55. The van der Waals surface area contributed by atoms with Gasteiger partial charge >= 0.3 is 0 Å². The average molecular weight is 522 g/mol. The van der Waals surface area contributed by atoms with E-state index in [0.717, 1.165) is 8.86 Å². The van der Waals surface area contributed by atoms with Gasteiger partial charge in [0.15, 0.2) is 0 Å². The molecule has 0 aliphatic carbocycles. The first-order chi connectivity index (χ1) is 10.8. The van der Waals surface area contributed by atoms with Crippen molar-refractivity contribution in [3.05, 3.63) is 70.8 Å². The van der Waals surface area contributed by atoms with Gasteiger partial charge in [0.05, 0.1) is 26.4 Å². The third kappa shape index (κ3) is 6.52. The zero-order valence-electron chi connectivity index (χ0n) is 12.4. The number of ether oxygens (including phenoxy) is 2. The van der Waals surface area contributed by atoms with Gasteiger partial charge in [-0.05, 0) is 22.3 Å². The lowest BCUT2D eigenvalue weighted by Gasteiger charge is -2.07. The van der Waals surface area contributed by atoms with E-state index >= 15 is 0 Å². The molecule has 2 aromatic carbocycles. The van der Waals surface area contributed by atoms with Gasteiger partial charge in [-0.2, -0.15) is 0 Å². The molecular formula is C18H20I2O2. The zero-order chi connectivity index (χ0) is 15.6. The van der Waals surface area contributed by atoms with Gasteiger partial charge in [0.1, 0.15) is 0 Å². The number of benzene rings is 2. The number of rotatable bonds is 9. The molecule has 0 radical (unpaired) electrons. The highest BCUT2D eigenvalue weighted by atomic mass is 127. The Labute approximate surface area is 159 Å². The highest BCUT2D eigenvalue weighted by Crippen LogP contribution is 2.10. The molecule has 0 saturated heterocycles. The van der Waals surface area contributed by atoms with Crippen LogP contribution < -0.4 is 0 Å². The van der Waals surface area contributed by atoms with E-state index in [1.54, 1.807) is 0 Å². The van der Waals surface area contributed by atoms with Crippen LogP contribution in [0.2, 0.25) is 0 Å². The van der Waals surface area contributed by atoms with Crippen molar-refractivity contribution in [2.45, 2.75) is 22.1 Å². The summed E-state index contributed by atoms with van der Waals surface area (Å²) in [6.07, 6.45) is 0. The summed E-state index contributed by atoms with van der Waals surface area (Å²) in [5.74, 6) is 0. The largest absolute Gasteiger partial charge is 0.374 e. The molecule has 0 bridgehead atoms. The van der Waals surface area contributed by atoms with Gasteiger partial charge in [-0.3, -0.25) is 0 Å². The van der Waals surface area contributed by atoms with Crippen molar-refractivity contribution in [1.29, 1.82) is 0 Å². The van der Waals surface area contributed by atoms with Crippen LogP contribution in [0.4, 0.5) is 0 Å². The highest BCUT2D eigenvalue weighted by Gasteiger charge is 1.97. The Morgan fingerprint density at radius 3 is 1.18 bits per heavy atom. The van der Waals surface area contributed by atoms with Gasteiger partial charge in [-0.1, -0.05) is 93.7 Å². The first-order valence-corrected chi connectivity index (χ1v) is 10.3. The van der Waals surface area contributed by atoms with Crippen LogP contribution in [-0.2, 0) is 31.5 Å². The Balaban J connectivity index is 1.58.